The first kappa shape index (κ1) is 17.1. The number of morpholine rings is 1. The molecule has 4 rings (SSSR count). The number of anilines is 1. The Hall–Kier alpha value is -2.72. The summed E-state index contributed by atoms with van der Waals surface area (Å²) in [5, 5.41) is 6.57. The first-order valence-electron chi connectivity index (χ1n) is 7.48. The molecular weight excluding hydrogens is 350 g/mol. The largest absolute Gasteiger partial charge is 0.378 e. The zero-order valence-corrected chi connectivity index (χ0v) is 14.2. The Labute approximate surface area is 148 Å². The lowest BCUT2D eigenvalue weighted by atomic mass is 10.3. The molecule has 0 radical (unpaired) electrons. The lowest BCUT2D eigenvalue weighted by Gasteiger charge is -2.27. The first-order chi connectivity index (χ1) is 11.7. The highest BCUT2D eigenvalue weighted by molar-refractivity contribution is 5.85. The SMILES string of the molecule is Cc1noc(-c2c[nH]n(-c3cc(N4CCOCC4)ncn3)c2=O)n1.Cl. The van der Waals surface area contributed by atoms with E-state index in [1.165, 1.54) is 17.2 Å². The van der Waals surface area contributed by atoms with Crippen molar-refractivity contribution in [3.63, 3.8) is 0 Å². The van der Waals surface area contributed by atoms with Crippen LogP contribution in [0.2, 0.25) is 0 Å². The van der Waals surface area contributed by atoms with Gasteiger partial charge in [0.1, 0.15) is 17.7 Å². The molecule has 3 aromatic heterocycles. The molecule has 3 aromatic rings. The number of halogens is 1. The summed E-state index contributed by atoms with van der Waals surface area (Å²) in [6.07, 6.45) is 2.95. The van der Waals surface area contributed by atoms with Crippen LogP contribution in [0, 0.1) is 6.92 Å². The van der Waals surface area contributed by atoms with Crippen LogP contribution in [0.3, 0.4) is 0 Å². The van der Waals surface area contributed by atoms with Gasteiger partial charge >= 0.3 is 0 Å². The average Bonchev–Trinajstić information content (AvgIpc) is 3.21. The lowest BCUT2D eigenvalue weighted by molar-refractivity contribution is 0.122. The van der Waals surface area contributed by atoms with E-state index in [4.69, 9.17) is 9.26 Å². The van der Waals surface area contributed by atoms with Gasteiger partial charge in [0.2, 0.25) is 0 Å². The van der Waals surface area contributed by atoms with E-state index in [9.17, 15) is 4.79 Å². The molecule has 1 fully saturated rings. The van der Waals surface area contributed by atoms with Gasteiger partial charge in [0.15, 0.2) is 11.6 Å². The van der Waals surface area contributed by atoms with Gasteiger partial charge in [-0.1, -0.05) is 5.16 Å². The van der Waals surface area contributed by atoms with Gasteiger partial charge < -0.3 is 14.2 Å². The summed E-state index contributed by atoms with van der Waals surface area (Å²) < 4.78 is 11.7. The van der Waals surface area contributed by atoms with Gasteiger partial charge in [-0.2, -0.15) is 4.98 Å². The molecule has 10 nitrogen and oxygen atoms in total. The highest BCUT2D eigenvalue weighted by Crippen LogP contribution is 2.16. The van der Waals surface area contributed by atoms with Gasteiger partial charge in [-0.25, -0.2) is 14.6 Å². The molecule has 0 amide bonds. The number of aryl methyl sites for hydroxylation is 1. The van der Waals surface area contributed by atoms with E-state index in [0.29, 0.717) is 30.4 Å². The Morgan fingerprint density at radius 3 is 2.68 bits per heavy atom. The molecule has 132 valence electrons. The van der Waals surface area contributed by atoms with Crippen molar-refractivity contribution >= 4 is 18.2 Å². The number of aromatic nitrogens is 6. The zero-order chi connectivity index (χ0) is 16.5. The minimum atomic E-state index is -0.315. The molecule has 0 bridgehead atoms. The normalized spacial score (nSPS) is 14.4. The molecule has 0 saturated carbocycles. The second-order valence-corrected chi connectivity index (χ2v) is 5.31. The molecule has 0 aliphatic carbocycles. The number of rotatable bonds is 3. The van der Waals surface area contributed by atoms with Crippen LogP contribution >= 0.6 is 12.4 Å². The average molecular weight is 366 g/mol. The second-order valence-electron chi connectivity index (χ2n) is 5.31. The monoisotopic (exact) mass is 365 g/mol. The lowest BCUT2D eigenvalue weighted by Crippen LogP contribution is -2.36. The van der Waals surface area contributed by atoms with Crippen LogP contribution in [0.15, 0.2) is 27.9 Å². The number of aromatic amines is 1. The Morgan fingerprint density at radius 2 is 1.96 bits per heavy atom. The van der Waals surface area contributed by atoms with E-state index in [2.05, 4.69) is 30.1 Å². The Kier molecular flexibility index (Phi) is 4.81. The van der Waals surface area contributed by atoms with Gasteiger partial charge in [-0.15, -0.1) is 12.4 Å². The topological polar surface area (TPSA) is 115 Å². The van der Waals surface area contributed by atoms with Crippen LogP contribution in [0.1, 0.15) is 5.82 Å². The highest BCUT2D eigenvalue weighted by atomic mass is 35.5. The first-order valence-corrected chi connectivity index (χ1v) is 7.48. The van der Waals surface area contributed by atoms with Crippen molar-refractivity contribution in [3.05, 3.63) is 34.8 Å². The predicted molar refractivity (Wildman–Crippen MR) is 90.3 cm³/mol. The van der Waals surface area contributed by atoms with Crippen molar-refractivity contribution in [3.8, 4) is 17.3 Å². The molecule has 4 heterocycles. The molecule has 11 heteroatoms. The smallest absolute Gasteiger partial charge is 0.285 e. The van der Waals surface area contributed by atoms with Crippen LogP contribution in [0.4, 0.5) is 5.82 Å². The number of ether oxygens (including phenoxy) is 1. The Morgan fingerprint density at radius 1 is 1.20 bits per heavy atom. The number of nitrogens with one attached hydrogen (secondary N) is 1. The van der Waals surface area contributed by atoms with Crippen molar-refractivity contribution in [2.24, 2.45) is 0 Å². The fraction of sp³-hybridized carbons (Fsp3) is 0.357. The fourth-order valence-electron chi connectivity index (χ4n) is 2.52. The van der Waals surface area contributed by atoms with Crippen molar-refractivity contribution in [2.45, 2.75) is 6.92 Å². The summed E-state index contributed by atoms with van der Waals surface area (Å²) in [6, 6.07) is 1.76. The summed E-state index contributed by atoms with van der Waals surface area (Å²) in [6.45, 7) is 4.51. The second kappa shape index (κ2) is 7.03. The van der Waals surface area contributed by atoms with Crippen molar-refractivity contribution in [1.29, 1.82) is 0 Å². The maximum Gasteiger partial charge on any atom is 0.285 e. The van der Waals surface area contributed by atoms with E-state index >= 15 is 0 Å². The van der Waals surface area contributed by atoms with Crippen LogP contribution in [-0.2, 0) is 4.74 Å². The summed E-state index contributed by atoms with van der Waals surface area (Å²) in [5.74, 6) is 1.84. The molecule has 0 aromatic carbocycles. The van der Waals surface area contributed by atoms with Gasteiger partial charge in [0, 0.05) is 25.4 Å². The van der Waals surface area contributed by atoms with Crippen molar-refractivity contribution < 1.29 is 9.26 Å². The Balaban J connectivity index is 0.00000182. The van der Waals surface area contributed by atoms with Crippen LogP contribution < -0.4 is 10.5 Å². The standard InChI is InChI=1S/C14H15N7O3.ClH/c1-9-18-13(24-19-9)10-7-17-21(14(10)22)12-6-11(15-8-16-12)20-2-4-23-5-3-20;/h6-8,17H,2-5H2,1H3;1H. The quantitative estimate of drug-likeness (QED) is 0.716. The van der Waals surface area contributed by atoms with E-state index in [1.54, 1.807) is 13.0 Å². The molecule has 1 saturated heterocycles. The maximum absolute atomic E-state index is 12.6. The van der Waals surface area contributed by atoms with Crippen LogP contribution in [0.25, 0.3) is 17.3 Å². The third kappa shape index (κ3) is 3.26. The minimum Gasteiger partial charge on any atom is -0.378 e. The van der Waals surface area contributed by atoms with Gasteiger partial charge in [-0.3, -0.25) is 9.89 Å². The summed E-state index contributed by atoms with van der Waals surface area (Å²) in [7, 11) is 0. The number of hydrogen-bond acceptors (Lipinski definition) is 8. The molecule has 0 unspecified atom stereocenters. The number of nitrogens with zero attached hydrogens (tertiary/aromatic N) is 6. The van der Waals surface area contributed by atoms with Crippen molar-refractivity contribution in [2.75, 3.05) is 31.2 Å². The van der Waals surface area contributed by atoms with E-state index in [0.717, 1.165) is 18.9 Å². The van der Waals surface area contributed by atoms with Crippen LogP contribution in [-0.4, -0.2) is 56.2 Å². The molecule has 1 N–H and O–H groups in total. The molecule has 0 atom stereocenters. The third-order valence-electron chi connectivity index (χ3n) is 3.73. The molecule has 1 aliphatic heterocycles. The van der Waals surface area contributed by atoms with Gasteiger partial charge in [0.25, 0.3) is 11.4 Å². The molecular formula is C14H16ClN7O3. The third-order valence-corrected chi connectivity index (χ3v) is 3.73. The van der Waals surface area contributed by atoms with Crippen molar-refractivity contribution in [1.82, 2.24) is 29.9 Å². The summed E-state index contributed by atoms with van der Waals surface area (Å²) in [5.41, 5.74) is -0.0209. The molecule has 1 aliphatic rings. The minimum absolute atomic E-state index is 0. The molecule has 25 heavy (non-hydrogen) atoms. The zero-order valence-electron chi connectivity index (χ0n) is 13.4. The van der Waals surface area contributed by atoms with Gasteiger partial charge in [-0.05, 0) is 6.92 Å². The highest BCUT2D eigenvalue weighted by Gasteiger charge is 2.18. The van der Waals surface area contributed by atoms with E-state index in [-0.39, 0.29) is 23.9 Å². The van der Waals surface area contributed by atoms with E-state index < -0.39 is 0 Å². The number of hydrogen-bond donors (Lipinski definition) is 1. The fourth-order valence-corrected chi connectivity index (χ4v) is 2.52. The number of H-pyrrole nitrogens is 1. The predicted octanol–water partition coefficient (Wildman–Crippen LogP) is 0.572. The van der Waals surface area contributed by atoms with Crippen LogP contribution in [0.5, 0.6) is 0 Å². The van der Waals surface area contributed by atoms with Gasteiger partial charge in [0.05, 0.1) is 13.2 Å². The summed E-state index contributed by atoms with van der Waals surface area (Å²) in [4.78, 5) is 27.2. The maximum atomic E-state index is 12.6. The molecule has 0 spiro atoms. The van der Waals surface area contributed by atoms with E-state index in [1.807, 2.05) is 0 Å². The Bertz CT molecular complexity index is 913. The summed E-state index contributed by atoms with van der Waals surface area (Å²) >= 11 is 0.